The molecule has 4 aromatic rings. The summed E-state index contributed by atoms with van der Waals surface area (Å²) in [7, 11) is 0. The normalized spacial score (nSPS) is 19.4. The number of ether oxygens (including phenoxy) is 4. The number of amides is 1. The highest BCUT2D eigenvalue weighted by molar-refractivity contribution is 6.34. The van der Waals surface area contributed by atoms with E-state index in [0.717, 1.165) is 18.0 Å². The second kappa shape index (κ2) is 11.2. The van der Waals surface area contributed by atoms with Gasteiger partial charge in [-0.15, -0.1) is 0 Å². The van der Waals surface area contributed by atoms with Gasteiger partial charge in [-0.25, -0.2) is 18.6 Å². The minimum Gasteiger partial charge on any atom is -0.480 e. The van der Waals surface area contributed by atoms with Crippen molar-refractivity contribution in [1.82, 2.24) is 14.9 Å². The zero-order valence-corrected chi connectivity index (χ0v) is 26.9. The summed E-state index contributed by atoms with van der Waals surface area (Å²) < 4.78 is 56.3. The van der Waals surface area contributed by atoms with E-state index in [1.54, 1.807) is 25.7 Å². The summed E-state index contributed by atoms with van der Waals surface area (Å²) in [4.78, 5) is 22.9. The molecule has 2 atom stereocenters. The quantitative estimate of drug-likeness (QED) is 0.174. The van der Waals surface area contributed by atoms with Crippen LogP contribution in [0.15, 0.2) is 48.8 Å². The van der Waals surface area contributed by atoms with Crippen LogP contribution >= 0.6 is 23.2 Å². The molecule has 0 saturated carbocycles. The fraction of sp³-hybridized carbons (Fsp3) is 0.294. The number of aromatic nitrogens is 2. The van der Waals surface area contributed by atoms with Gasteiger partial charge in [0.1, 0.15) is 29.6 Å². The molecule has 0 spiro atoms. The number of nitriles is 1. The molecule has 0 bridgehead atoms. The van der Waals surface area contributed by atoms with Gasteiger partial charge in [0.2, 0.25) is 11.5 Å². The summed E-state index contributed by atoms with van der Waals surface area (Å²) in [5.41, 5.74) is -1.48. The van der Waals surface area contributed by atoms with E-state index in [1.807, 2.05) is 36.4 Å². The molecule has 3 aliphatic rings. The maximum atomic E-state index is 16.7. The van der Waals surface area contributed by atoms with Gasteiger partial charge in [-0.05, 0) is 39.2 Å². The number of halogens is 4. The monoisotopic (exact) mass is 678 g/mol. The Morgan fingerprint density at radius 1 is 1.09 bits per heavy atom. The first kappa shape index (κ1) is 31.0. The smallest absolute Gasteiger partial charge is 0.410 e. The maximum absolute atomic E-state index is 16.7. The number of fused-ring (bicyclic) bond motifs is 3. The van der Waals surface area contributed by atoms with Gasteiger partial charge in [-0.3, -0.25) is 0 Å². The van der Waals surface area contributed by atoms with Crippen molar-refractivity contribution in [2.24, 2.45) is 0 Å². The number of carbonyl (C=O) groups excluding carboxylic acids is 1. The molecule has 1 saturated heterocycles. The predicted molar refractivity (Wildman–Crippen MR) is 167 cm³/mol. The Morgan fingerprint density at radius 2 is 1.85 bits per heavy atom. The van der Waals surface area contributed by atoms with E-state index >= 15 is 8.78 Å². The molecule has 7 rings (SSSR count). The molecule has 1 aromatic heterocycles. The Balaban J connectivity index is 1.40. The number of benzene rings is 3. The third kappa shape index (κ3) is 5.07. The summed E-state index contributed by atoms with van der Waals surface area (Å²) in [6.45, 7) is 5.78. The molecule has 3 aromatic carbocycles. The van der Waals surface area contributed by atoms with Crippen molar-refractivity contribution < 1.29 is 32.5 Å². The van der Waals surface area contributed by atoms with Crippen LogP contribution in [0.4, 0.5) is 13.6 Å². The fourth-order valence-electron chi connectivity index (χ4n) is 6.53. The lowest BCUT2D eigenvalue weighted by atomic mass is 9.79. The van der Waals surface area contributed by atoms with E-state index in [9.17, 15) is 10.1 Å². The lowest BCUT2D eigenvalue weighted by Crippen LogP contribution is -2.53. The molecule has 0 aliphatic carbocycles. The Kier molecular flexibility index (Phi) is 7.41. The molecule has 9 nitrogen and oxygen atoms in total. The van der Waals surface area contributed by atoms with E-state index in [1.165, 1.54) is 6.07 Å². The van der Waals surface area contributed by atoms with Gasteiger partial charge >= 0.3 is 6.09 Å². The van der Waals surface area contributed by atoms with Crippen molar-refractivity contribution in [1.29, 1.82) is 5.26 Å². The van der Waals surface area contributed by atoms with Crippen LogP contribution in [0.3, 0.4) is 0 Å². The van der Waals surface area contributed by atoms with Crippen molar-refractivity contribution in [3.05, 3.63) is 87.3 Å². The van der Waals surface area contributed by atoms with Gasteiger partial charge in [0, 0.05) is 41.8 Å². The molecule has 3 aliphatic heterocycles. The minimum atomic E-state index is -1.23. The van der Waals surface area contributed by atoms with Crippen LogP contribution in [0.25, 0.3) is 11.1 Å². The van der Waals surface area contributed by atoms with Crippen molar-refractivity contribution >= 4 is 29.3 Å². The molecule has 1 fully saturated rings. The molecule has 1 amide bonds. The van der Waals surface area contributed by atoms with Gasteiger partial charge in [-0.1, -0.05) is 53.5 Å². The summed E-state index contributed by atoms with van der Waals surface area (Å²) in [5.74, 6) is -2.54. The summed E-state index contributed by atoms with van der Waals surface area (Å²) in [5, 5.41) is 9.73. The molecule has 0 radical (unpaired) electrons. The van der Waals surface area contributed by atoms with Crippen LogP contribution < -0.4 is 14.2 Å². The first-order valence-corrected chi connectivity index (χ1v) is 15.6. The molecular formula is C34H26Cl2F2N4O5. The topological polar surface area (TPSA) is 107 Å². The first-order chi connectivity index (χ1) is 22.4. The highest BCUT2D eigenvalue weighted by atomic mass is 35.5. The standard InChI is InChI=1S/C34H26Cl2F2N4O5/c1-33(2,3)47-32(43)42-11-7-10-23(42)34(18-8-5-4-6-9-18)14-19-21(46-34)13-20(37)26(35)25(19)24-17(15-39)12-22-28(27(24)38)45-31-29(44-22)30(36)40-16-41-31/h4-6,8-9,12-13,16,23H,7,10-11,14H2,1-3H3/t23-,34-/m0/s1. The van der Waals surface area contributed by atoms with Crippen LogP contribution in [0.5, 0.6) is 28.9 Å². The number of likely N-dealkylation sites (tertiary alicyclic amines) is 1. The Labute approximate surface area is 278 Å². The van der Waals surface area contributed by atoms with E-state index in [0.29, 0.717) is 24.9 Å². The summed E-state index contributed by atoms with van der Waals surface area (Å²) >= 11 is 12.8. The van der Waals surface area contributed by atoms with Gasteiger partial charge in [-0.2, -0.15) is 10.2 Å². The van der Waals surface area contributed by atoms with Crippen LogP contribution in [0.1, 0.15) is 50.3 Å². The molecule has 4 heterocycles. The van der Waals surface area contributed by atoms with Crippen molar-refractivity contribution in [2.45, 2.75) is 57.3 Å². The Hall–Kier alpha value is -4.66. The number of carbonyl (C=O) groups is 1. The largest absolute Gasteiger partial charge is 0.480 e. The van der Waals surface area contributed by atoms with E-state index in [-0.39, 0.29) is 51.4 Å². The lowest BCUT2D eigenvalue weighted by Gasteiger charge is -2.40. The first-order valence-electron chi connectivity index (χ1n) is 14.8. The SMILES string of the molecule is CC(C)(C)OC(=O)N1CCC[C@H]1[C@@]1(c2ccccc2)Cc2c(cc(F)c(Cl)c2-c2c(C#N)cc3c(c2F)Oc2ncnc(Cl)c2O3)O1. The van der Waals surface area contributed by atoms with E-state index < -0.39 is 45.7 Å². The predicted octanol–water partition coefficient (Wildman–Crippen LogP) is 8.73. The van der Waals surface area contributed by atoms with Crippen LogP contribution in [0.2, 0.25) is 10.2 Å². The average Bonchev–Trinajstić information content (AvgIpc) is 3.68. The second-order valence-corrected chi connectivity index (χ2v) is 13.2. The molecule has 0 N–H and O–H groups in total. The Morgan fingerprint density at radius 3 is 2.57 bits per heavy atom. The fourth-order valence-corrected chi connectivity index (χ4v) is 6.95. The van der Waals surface area contributed by atoms with Crippen molar-refractivity contribution in [3.63, 3.8) is 0 Å². The van der Waals surface area contributed by atoms with Gasteiger partial charge in [0.05, 0.1) is 16.6 Å². The third-order valence-electron chi connectivity index (χ3n) is 8.40. The zero-order chi connectivity index (χ0) is 33.2. The van der Waals surface area contributed by atoms with E-state index in [2.05, 4.69) is 9.97 Å². The average molecular weight is 680 g/mol. The van der Waals surface area contributed by atoms with Crippen LogP contribution in [-0.4, -0.2) is 39.1 Å². The van der Waals surface area contributed by atoms with Crippen molar-refractivity contribution in [2.75, 3.05) is 6.54 Å². The molecule has 0 unspecified atom stereocenters. The molecule has 13 heteroatoms. The lowest BCUT2D eigenvalue weighted by molar-refractivity contribution is -0.0216. The second-order valence-electron chi connectivity index (χ2n) is 12.4. The van der Waals surface area contributed by atoms with Crippen LogP contribution in [0, 0.1) is 23.0 Å². The molecular weight excluding hydrogens is 653 g/mol. The summed E-state index contributed by atoms with van der Waals surface area (Å²) in [6.07, 6.45) is 1.91. The highest BCUT2D eigenvalue weighted by Gasteiger charge is 2.54. The maximum Gasteiger partial charge on any atom is 0.410 e. The zero-order valence-electron chi connectivity index (χ0n) is 25.4. The number of hydrogen-bond donors (Lipinski definition) is 0. The third-order valence-corrected chi connectivity index (χ3v) is 9.03. The van der Waals surface area contributed by atoms with Gasteiger partial charge in [0.15, 0.2) is 22.3 Å². The van der Waals surface area contributed by atoms with Crippen LogP contribution in [-0.2, 0) is 16.8 Å². The number of rotatable bonds is 3. The van der Waals surface area contributed by atoms with E-state index in [4.69, 9.17) is 42.1 Å². The highest BCUT2D eigenvalue weighted by Crippen LogP contribution is 2.56. The van der Waals surface area contributed by atoms with Gasteiger partial charge < -0.3 is 23.8 Å². The van der Waals surface area contributed by atoms with Gasteiger partial charge in [0.25, 0.3) is 5.88 Å². The van der Waals surface area contributed by atoms with Crippen molar-refractivity contribution in [3.8, 4) is 46.1 Å². The summed E-state index contributed by atoms with van der Waals surface area (Å²) in [6, 6.07) is 13.1. The molecule has 240 valence electrons. The number of hydrogen-bond acceptors (Lipinski definition) is 8. The molecule has 47 heavy (non-hydrogen) atoms. The minimum absolute atomic E-state index is 0.0467. The number of nitrogens with zero attached hydrogens (tertiary/aromatic N) is 4. The Bertz CT molecular complexity index is 2000.